The first-order valence-corrected chi connectivity index (χ1v) is 8.86. The SMILES string of the molecule is CN=C(N(C)C)N(C)CCC[Si](C)(C)OC. The molecule has 0 N–H and O–H groups in total. The van der Waals surface area contributed by atoms with Crippen molar-refractivity contribution in [1.82, 2.24) is 9.80 Å². The average molecular weight is 245 g/mol. The van der Waals surface area contributed by atoms with Crippen LogP contribution < -0.4 is 0 Å². The number of guanidine groups is 1. The molecule has 0 bridgehead atoms. The molecular formula is C11H27N3OSi. The Kier molecular flexibility index (Phi) is 6.67. The number of hydrogen-bond donors (Lipinski definition) is 0. The first-order chi connectivity index (χ1) is 7.34. The van der Waals surface area contributed by atoms with Crippen LogP contribution in [-0.2, 0) is 4.43 Å². The zero-order valence-electron chi connectivity index (χ0n) is 11.9. The fourth-order valence-corrected chi connectivity index (χ4v) is 2.87. The molecule has 0 heterocycles. The molecule has 0 aromatic rings. The van der Waals surface area contributed by atoms with Crippen molar-refractivity contribution in [3.63, 3.8) is 0 Å². The van der Waals surface area contributed by atoms with Gasteiger partial charge in [-0.3, -0.25) is 4.99 Å². The Morgan fingerprint density at radius 1 is 1.25 bits per heavy atom. The predicted octanol–water partition coefficient (Wildman–Crippen LogP) is 1.71. The zero-order chi connectivity index (χ0) is 12.8. The largest absolute Gasteiger partial charge is 0.420 e. The van der Waals surface area contributed by atoms with Gasteiger partial charge in [-0.25, -0.2) is 0 Å². The monoisotopic (exact) mass is 245 g/mol. The highest BCUT2D eigenvalue weighted by Gasteiger charge is 2.20. The second kappa shape index (κ2) is 6.91. The van der Waals surface area contributed by atoms with Crippen molar-refractivity contribution in [1.29, 1.82) is 0 Å². The first-order valence-electron chi connectivity index (χ1n) is 5.74. The van der Waals surface area contributed by atoms with E-state index in [4.69, 9.17) is 4.43 Å². The molecule has 0 aromatic heterocycles. The third-order valence-electron chi connectivity index (χ3n) is 2.77. The molecule has 16 heavy (non-hydrogen) atoms. The molecule has 0 aliphatic carbocycles. The minimum absolute atomic E-state index is 1.02. The van der Waals surface area contributed by atoms with Crippen LogP contribution in [0, 0.1) is 0 Å². The third-order valence-corrected chi connectivity index (χ3v) is 5.43. The van der Waals surface area contributed by atoms with Crippen LogP contribution in [0.1, 0.15) is 6.42 Å². The summed E-state index contributed by atoms with van der Waals surface area (Å²) in [6.07, 6.45) is 1.16. The molecule has 5 heteroatoms. The van der Waals surface area contributed by atoms with Gasteiger partial charge >= 0.3 is 0 Å². The summed E-state index contributed by atoms with van der Waals surface area (Å²) in [5.41, 5.74) is 0. The van der Waals surface area contributed by atoms with Crippen molar-refractivity contribution in [2.24, 2.45) is 4.99 Å². The average Bonchev–Trinajstić information content (AvgIpc) is 2.18. The lowest BCUT2D eigenvalue weighted by Crippen LogP contribution is -2.39. The molecular weight excluding hydrogens is 218 g/mol. The first kappa shape index (κ1) is 15.4. The predicted molar refractivity (Wildman–Crippen MR) is 73.6 cm³/mol. The van der Waals surface area contributed by atoms with E-state index in [1.165, 1.54) is 6.04 Å². The summed E-state index contributed by atoms with van der Waals surface area (Å²) in [6, 6.07) is 1.19. The Morgan fingerprint density at radius 2 is 1.81 bits per heavy atom. The number of rotatable bonds is 5. The van der Waals surface area contributed by atoms with Crippen molar-refractivity contribution in [3.05, 3.63) is 0 Å². The van der Waals surface area contributed by atoms with E-state index in [1.807, 2.05) is 33.2 Å². The van der Waals surface area contributed by atoms with Gasteiger partial charge in [-0.05, 0) is 25.6 Å². The van der Waals surface area contributed by atoms with Crippen molar-refractivity contribution >= 4 is 14.3 Å². The van der Waals surface area contributed by atoms with Gasteiger partial charge in [0.15, 0.2) is 14.3 Å². The van der Waals surface area contributed by atoms with E-state index < -0.39 is 8.32 Å². The summed E-state index contributed by atoms with van der Waals surface area (Å²) in [4.78, 5) is 8.51. The maximum atomic E-state index is 5.53. The van der Waals surface area contributed by atoms with Crippen LogP contribution in [-0.4, -0.2) is 65.9 Å². The Bertz CT molecular complexity index is 229. The van der Waals surface area contributed by atoms with E-state index in [9.17, 15) is 0 Å². The molecule has 0 aliphatic heterocycles. The summed E-state index contributed by atoms with van der Waals surface area (Å²) in [5.74, 6) is 1.02. The molecule has 0 rings (SSSR count). The minimum Gasteiger partial charge on any atom is -0.420 e. The molecule has 0 unspecified atom stereocenters. The van der Waals surface area contributed by atoms with Crippen molar-refractivity contribution < 1.29 is 4.43 Å². The topological polar surface area (TPSA) is 28.1 Å². The molecule has 0 atom stereocenters. The van der Waals surface area contributed by atoms with Gasteiger partial charge in [-0.2, -0.15) is 0 Å². The highest BCUT2D eigenvalue weighted by molar-refractivity contribution is 6.71. The van der Waals surface area contributed by atoms with E-state index in [2.05, 4.69) is 30.0 Å². The van der Waals surface area contributed by atoms with Crippen LogP contribution in [0.25, 0.3) is 0 Å². The van der Waals surface area contributed by atoms with Gasteiger partial charge in [-0.15, -0.1) is 0 Å². The number of nitrogens with zero attached hydrogens (tertiary/aromatic N) is 3. The van der Waals surface area contributed by atoms with Crippen LogP contribution in [0.4, 0.5) is 0 Å². The second-order valence-electron chi connectivity index (χ2n) is 4.91. The Balaban J connectivity index is 4.03. The lowest BCUT2D eigenvalue weighted by Gasteiger charge is -2.27. The molecule has 0 fully saturated rings. The van der Waals surface area contributed by atoms with E-state index in [0.29, 0.717) is 0 Å². The van der Waals surface area contributed by atoms with Crippen LogP contribution in [0.3, 0.4) is 0 Å². The minimum atomic E-state index is -1.40. The smallest absolute Gasteiger partial charge is 0.195 e. The van der Waals surface area contributed by atoms with Crippen LogP contribution >= 0.6 is 0 Å². The van der Waals surface area contributed by atoms with Gasteiger partial charge in [0.1, 0.15) is 0 Å². The Hall–Kier alpha value is -0.553. The Labute approximate surface area is 101 Å². The lowest BCUT2D eigenvalue weighted by molar-refractivity contribution is 0.390. The molecule has 0 spiro atoms. The molecule has 0 saturated heterocycles. The summed E-state index contributed by atoms with van der Waals surface area (Å²) in [5, 5.41) is 0. The fourth-order valence-electron chi connectivity index (χ4n) is 1.66. The van der Waals surface area contributed by atoms with Crippen LogP contribution in [0.2, 0.25) is 19.1 Å². The van der Waals surface area contributed by atoms with Gasteiger partial charge in [0.25, 0.3) is 0 Å². The molecule has 0 saturated carbocycles. The van der Waals surface area contributed by atoms with Crippen molar-refractivity contribution in [2.75, 3.05) is 41.8 Å². The van der Waals surface area contributed by atoms with E-state index >= 15 is 0 Å². The quantitative estimate of drug-likeness (QED) is 0.419. The highest BCUT2D eigenvalue weighted by Crippen LogP contribution is 2.12. The van der Waals surface area contributed by atoms with Gasteiger partial charge in [0.05, 0.1) is 0 Å². The number of aliphatic imine (C=N–C) groups is 1. The standard InChI is InChI=1S/C11H27N3OSi/c1-12-11(13(2)3)14(4)9-8-10-16(6,7)15-5/h8-10H2,1-7H3. The molecule has 4 nitrogen and oxygen atoms in total. The molecule has 0 radical (unpaired) electrons. The maximum absolute atomic E-state index is 5.53. The van der Waals surface area contributed by atoms with Gasteiger partial charge in [-0.1, -0.05) is 0 Å². The highest BCUT2D eigenvalue weighted by atomic mass is 28.4. The van der Waals surface area contributed by atoms with Crippen molar-refractivity contribution in [2.45, 2.75) is 25.6 Å². The van der Waals surface area contributed by atoms with Gasteiger partial charge < -0.3 is 14.2 Å². The molecule has 0 aliphatic rings. The molecule has 96 valence electrons. The summed E-state index contributed by atoms with van der Waals surface area (Å²) < 4.78 is 5.53. The fraction of sp³-hybridized carbons (Fsp3) is 0.909. The summed E-state index contributed by atoms with van der Waals surface area (Å²) in [7, 11) is 8.39. The maximum Gasteiger partial charge on any atom is 0.195 e. The third kappa shape index (κ3) is 5.51. The van der Waals surface area contributed by atoms with E-state index in [1.54, 1.807) is 0 Å². The lowest BCUT2D eigenvalue weighted by atomic mass is 10.4. The van der Waals surface area contributed by atoms with E-state index in [-0.39, 0.29) is 0 Å². The molecule has 0 amide bonds. The van der Waals surface area contributed by atoms with Crippen molar-refractivity contribution in [3.8, 4) is 0 Å². The second-order valence-corrected chi connectivity index (χ2v) is 9.33. The van der Waals surface area contributed by atoms with E-state index in [0.717, 1.165) is 18.9 Å². The van der Waals surface area contributed by atoms with Crippen LogP contribution in [0.5, 0.6) is 0 Å². The van der Waals surface area contributed by atoms with Gasteiger partial charge in [0, 0.05) is 41.8 Å². The number of hydrogen-bond acceptors (Lipinski definition) is 2. The summed E-state index contributed by atoms with van der Waals surface area (Å²) in [6.45, 7) is 5.55. The summed E-state index contributed by atoms with van der Waals surface area (Å²) >= 11 is 0. The normalized spacial score (nSPS) is 12.8. The molecule has 0 aromatic carbocycles. The Morgan fingerprint density at radius 3 is 2.19 bits per heavy atom. The zero-order valence-corrected chi connectivity index (χ0v) is 12.9. The van der Waals surface area contributed by atoms with Gasteiger partial charge in [0.2, 0.25) is 0 Å². The van der Waals surface area contributed by atoms with Crippen LogP contribution in [0.15, 0.2) is 4.99 Å².